The summed E-state index contributed by atoms with van der Waals surface area (Å²) >= 11 is 1.22. The quantitative estimate of drug-likeness (QED) is 0.408. The van der Waals surface area contributed by atoms with E-state index in [1.54, 1.807) is 6.26 Å². The zero-order chi connectivity index (χ0) is 20.4. The van der Waals surface area contributed by atoms with Crippen molar-refractivity contribution in [2.45, 2.75) is 87.6 Å². The van der Waals surface area contributed by atoms with Crippen molar-refractivity contribution in [3.8, 4) is 0 Å². The Balaban J connectivity index is 2.08. The Labute approximate surface area is 164 Å². The van der Waals surface area contributed by atoms with E-state index in [0.29, 0.717) is 12.8 Å². The Morgan fingerprint density at radius 2 is 2.00 bits per heavy atom. The van der Waals surface area contributed by atoms with Crippen LogP contribution in [0.15, 0.2) is 0 Å². The Hall–Kier alpha value is -0.450. The fraction of sp³-hybridized carbons (Fsp3) is 0.944. The van der Waals surface area contributed by atoms with Gasteiger partial charge in [-0.2, -0.15) is 0 Å². The average Bonchev–Trinajstić information content (AvgIpc) is 3.00. The molecule has 5 N–H and O–H groups in total. The van der Waals surface area contributed by atoms with Crippen molar-refractivity contribution in [2.75, 3.05) is 12.8 Å². The lowest BCUT2D eigenvalue weighted by Gasteiger charge is -2.44. The average molecular weight is 409 g/mol. The minimum absolute atomic E-state index is 0.106. The van der Waals surface area contributed by atoms with E-state index in [1.807, 2.05) is 20.8 Å². The standard InChI is InChI=1S/C18H33FN2O5S/c1-5-6-18(19)7-10(20-8-18)16(25)21-11(9(2)3)15-13(23)12(22)14(24)17(26-15)27-4/h9-15,17,20,22-24H,5-8H2,1-4H3,(H,21,25)/t10-,11+,12-,13+,14+,15+,17+,18?/m0/s1. The van der Waals surface area contributed by atoms with Gasteiger partial charge in [0.25, 0.3) is 0 Å². The van der Waals surface area contributed by atoms with E-state index in [1.165, 1.54) is 11.8 Å². The number of ether oxygens (including phenoxy) is 1. The van der Waals surface area contributed by atoms with E-state index >= 15 is 0 Å². The number of aliphatic hydroxyl groups excluding tert-OH is 3. The first-order valence-electron chi connectivity index (χ1n) is 9.58. The van der Waals surface area contributed by atoms with E-state index in [-0.39, 0.29) is 24.8 Å². The second kappa shape index (κ2) is 9.37. The van der Waals surface area contributed by atoms with Gasteiger partial charge in [-0.15, -0.1) is 11.8 Å². The Morgan fingerprint density at radius 3 is 2.56 bits per heavy atom. The molecule has 0 saturated carbocycles. The number of thioether (sulfide) groups is 1. The second-order valence-electron chi connectivity index (χ2n) is 7.99. The molecule has 2 fully saturated rings. The van der Waals surface area contributed by atoms with Crippen LogP contribution in [-0.4, -0.2) is 81.6 Å². The fourth-order valence-corrected chi connectivity index (χ4v) is 4.58. The maximum atomic E-state index is 14.7. The van der Waals surface area contributed by atoms with E-state index in [9.17, 15) is 24.5 Å². The molecule has 2 heterocycles. The van der Waals surface area contributed by atoms with Gasteiger partial charge in [0, 0.05) is 13.0 Å². The van der Waals surface area contributed by atoms with Crippen LogP contribution < -0.4 is 10.6 Å². The summed E-state index contributed by atoms with van der Waals surface area (Å²) in [4.78, 5) is 12.7. The van der Waals surface area contributed by atoms with Gasteiger partial charge in [-0.05, 0) is 18.6 Å². The highest BCUT2D eigenvalue weighted by Crippen LogP contribution is 2.32. The Bertz CT molecular complexity index is 512. The van der Waals surface area contributed by atoms with Crippen molar-refractivity contribution >= 4 is 17.7 Å². The first kappa shape index (κ1) is 22.8. The molecule has 8 atom stereocenters. The van der Waals surface area contributed by atoms with Crippen LogP contribution in [-0.2, 0) is 9.53 Å². The molecule has 158 valence electrons. The first-order chi connectivity index (χ1) is 12.6. The molecule has 0 aromatic heterocycles. The molecule has 7 nitrogen and oxygen atoms in total. The van der Waals surface area contributed by atoms with Crippen LogP contribution in [0.4, 0.5) is 4.39 Å². The summed E-state index contributed by atoms with van der Waals surface area (Å²) in [6, 6.07) is -1.23. The molecule has 2 rings (SSSR count). The van der Waals surface area contributed by atoms with E-state index in [4.69, 9.17) is 4.74 Å². The van der Waals surface area contributed by atoms with Gasteiger partial charge in [-0.25, -0.2) is 4.39 Å². The summed E-state index contributed by atoms with van der Waals surface area (Å²) in [5.74, 6) is -0.452. The summed E-state index contributed by atoms with van der Waals surface area (Å²) in [6.07, 6.45) is -1.85. The Morgan fingerprint density at radius 1 is 1.33 bits per heavy atom. The van der Waals surface area contributed by atoms with Gasteiger partial charge in [0.05, 0.1) is 12.1 Å². The minimum atomic E-state index is -1.38. The van der Waals surface area contributed by atoms with Crippen molar-refractivity contribution in [1.29, 1.82) is 0 Å². The van der Waals surface area contributed by atoms with Crippen LogP contribution in [0.3, 0.4) is 0 Å². The van der Waals surface area contributed by atoms with E-state index < -0.39 is 47.6 Å². The molecule has 2 saturated heterocycles. The normalized spacial score (nSPS) is 40.9. The number of hydrogen-bond donors (Lipinski definition) is 5. The van der Waals surface area contributed by atoms with Gasteiger partial charge >= 0.3 is 0 Å². The number of carbonyl (C=O) groups is 1. The molecule has 1 amide bonds. The van der Waals surface area contributed by atoms with Crippen LogP contribution in [0.2, 0.25) is 0 Å². The van der Waals surface area contributed by atoms with Crippen molar-refractivity contribution in [3.05, 3.63) is 0 Å². The van der Waals surface area contributed by atoms with Crippen LogP contribution in [0.25, 0.3) is 0 Å². The molecule has 2 aliphatic heterocycles. The second-order valence-corrected chi connectivity index (χ2v) is 8.93. The number of carbonyl (C=O) groups excluding carboxylic acids is 1. The van der Waals surface area contributed by atoms with Gasteiger partial charge in [0.1, 0.15) is 35.5 Å². The van der Waals surface area contributed by atoms with Crippen LogP contribution in [0.5, 0.6) is 0 Å². The van der Waals surface area contributed by atoms with Gasteiger partial charge in [-0.1, -0.05) is 27.2 Å². The van der Waals surface area contributed by atoms with Gasteiger partial charge in [0.2, 0.25) is 5.91 Å². The SMILES string of the molecule is CCCC1(F)CN[C@H](C(=O)N[C@H](C(C)C)[C@H]2O[C@H](SC)[C@H](O)[C@@H](O)[C@H]2O)C1. The summed E-state index contributed by atoms with van der Waals surface area (Å²) in [6.45, 7) is 5.79. The molecular weight excluding hydrogens is 375 g/mol. The predicted molar refractivity (Wildman–Crippen MR) is 102 cm³/mol. The van der Waals surface area contributed by atoms with Crippen molar-refractivity contribution in [3.63, 3.8) is 0 Å². The summed E-state index contributed by atoms with van der Waals surface area (Å²) < 4.78 is 20.4. The van der Waals surface area contributed by atoms with Gasteiger partial charge in [-0.3, -0.25) is 4.79 Å². The summed E-state index contributed by atoms with van der Waals surface area (Å²) in [5.41, 5.74) is -2.09. The highest BCUT2D eigenvalue weighted by Gasteiger charge is 2.48. The smallest absolute Gasteiger partial charge is 0.237 e. The minimum Gasteiger partial charge on any atom is -0.388 e. The number of amides is 1. The largest absolute Gasteiger partial charge is 0.388 e. The highest BCUT2D eigenvalue weighted by molar-refractivity contribution is 7.99. The third kappa shape index (κ3) is 5.13. The van der Waals surface area contributed by atoms with Crippen LogP contribution in [0, 0.1) is 5.92 Å². The van der Waals surface area contributed by atoms with Crippen molar-refractivity contribution in [2.24, 2.45) is 5.92 Å². The maximum absolute atomic E-state index is 14.7. The van der Waals surface area contributed by atoms with Gasteiger partial charge in [0.15, 0.2) is 0 Å². The lowest BCUT2D eigenvalue weighted by molar-refractivity contribution is -0.208. The predicted octanol–water partition coefficient (Wildman–Crippen LogP) is 0.168. The number of rotatable bonds is 7. The molecule has 0 aromatic carbocycles. The molecule has 1 unspecified atom stereocenters. The van der Waals surface area contributed by atoms with Crippen LogP contribution >= 0.6 is 11.8 Å². The zero-order valence-corrected chi connectivity index (χ0v) is 17.2. The molecule has 0 bridgehead atoms. The van der Waals surface area contributed by atoms with E-state index in [0.717, 1.165) is 0 Å². The zero-order valence-electron chi connectivity index (χ0n) is 16.4. The number of aliphatic hydroxyl groups is 3. The van der Waals surface area contributed by atoms with Crippen LogP contribution in [0.1, 0.15) is 40.0 Å². The number of hydrogen-bond acceptors (Lipinski definition) is 7. The van der Waals surface area contributed by atoms with Crippen molar-refractivity contribution < 1.29 is 29.2 Å². The molecule has 9 heteroatoms. The molecular formula is C18H33FN2O5S. The molecule has 27 heavy (non-hydrogen) atoms. The third-order valence-electron chi connectivity index (χ3n) is 5.47. The monoisotopic (exact) mass is 408 g/mol. The molecule has 0 spiro atoms. The molecule has 0 aromatic rings. The number of nitrogens with one attached hydrogen (secondary N) is 2. The summed E-state index contributed by atoms with van der Waals surface area (Å²) in [7, 11) is 0. The maximum Gasteiger partial charge on any atom is 0.237 e. The number of halogens is 1. The summed E-state index contributed by atoms with van der Waals surface area (Å²) in [5, 5.41) is 36.4. The van der Waals surface area contributed by atoms with Gasteiger partial charge < -0.3 is 30.7 Å². The van der Waals surface area contributed by atoms with Crippen molar-refractivity contribution in [1.82, 2.24) is 10.6 Å². The Kier molecular flexibility index (Phi) is 7.92. The molecule has 2 aliphatic rings. The first-order valence-corrected chi connectivity index (χ1v) is 10.9. The van der Waals surface area contributed by atoms with E-state index in [2.05, 4.69) is 10.6 Å². The molecule has 0 aliphatic carbocycles. The number of alkyl halides is 1. The molecule has 0 radical (unpaired) electrons. The fourth-order valence-electron chi connectivity index (χ4n) is 3.90. The lowest BCUT2D eigenvalue weighted by atomic mass is 9.88. The topological polar surface area (TPSA) is 111 Å². The lowest BCUT2D eigenvalue weighted by Crippen LogP contribution is -2.64. The highest BCUT2D eigenvalue weighted by atomic mass is 32.2. The third-order valence-corrected chi connectivity index (χ3v) is 6.32.